The van der Waals surface area contributed by atoms with Gasteiger partial charge in [0.15, 0.2) is 0 Å². The van der Waals surface area contributed by atoms with Gasteiger partial charge in [-0.3, -0.25) is 4.79 Å². The minimum Gasteiger partial charge on any atom is -0.497 e. The minimum atomic E-state index is -0.434. The summed E-state index contributed by atoms with van der Waals surface area (Å²) >= 11 is 0. The van der Waals surface area contributed by atoms with E-state index in [2.05, 4.69) is 19.2 Å². The van der Waals surface area contributed by atoms with Crippen LogP contribution in [0.2, 0.25) is 0 Å². The molecule has 22 heavy (non-hydrogen) atoms. The van der Waals surface area contributed by atoms with Gasteiger partial charge in [-0.1, -0.05) is 13.8 Å². The first-order valence-electron chi connectivity index (χ1n) is 7.10. The number of hydrogen-bond acceptors (Lipinski definition) is 4. The van der Waals surface area contributed by atoms with Crippen LogP contribution < -0.4 is 20.5 Å². The Morgan fingerprint density at radius 3 is 2.41 bits per heavy atom. The number of methoxy groups -OCH3 is 2. The van der Waals surface area contributed by atoms with Crippen molar-refractivity contribution < 1.29 is 14.3 Å². The SMILES string of the molecule is COc1ccc(C(=O)NC(C)(CN)CC(C)C)c(OC)c1.Cl. The summed E-state index contributed by atoms with van der Waals surface area (Å²) in [6.45, 7) is 6.55. The second-order valence-electron chi connectivity index (χ2n) is 5.88. The molecule has 5 nitrogen and oxygen atoms in total. The van der Waals surface area contributed by atoms with Crippen molar-refractivity contribution in [3.63, 3.8) is 0 Å². The van der Waals surface area contributed by atoms with Gasteiger partial charge in [-0.15, -0.1) is 12.4 Å². The zero-order valence-corrected chi connectivity index (χ0v) is 14.8. The fourth-order valence-electron chi connectivity index (χ4n) is 2.41. The highest BCUT2D eigenvalue weighted by atomic mass is 35.5. The number of carbonyl (C=O) groups excluding carboxylic acids is 1. The molecule has 1 amide bonds. The van der Waals surface area contributed by atoms with Crippen molar-refractivity contribution in [2.24, 2.45) is 11.7 Å². The van der Waals surface area contributed by atoms with Crippen LogP contribution in [0.25, 0.3) is 0 Å². The Balaban J connectivity index is 0.00000441. The van der Waals surface area contributed by atoms with Gasteiger partial charge in [0.25, 0.3) is 5.91 Å². The maximum Gasteiger partial charge on any atom is 0.255 e. The van der Waals surface area contributed by atoms with Gasteiger partial charge >= 0.3 is 0 Å². The predicted octanol–water partition coefficient (Wildman–Crippen LogP) is 2.62. The summed E-state index contributed by atoms with van der Waals surface area (Å²) in [6.07, 6.45) is 0.813. The first-order chi connectivity index (χ1) is 9.85. The molecule has 0 aliphatic heterocycles. The number of hydrogen-bond donors (Lipinski definition) is 2. The molecule has 0 aliphatic rings. The normalized spacial score (nSPS) is 13.0. The molecule has 0 aliphatic carbocycles. The van der Waals surface area contributed by atoms with Crippen molar-refractivity contribution in [2.45, 2.75) is 32.7 Å². The second kappa shape index (κ2) is 8.86. The average Bonchev–Trinajstić information content (AvgIpc) is 2.45. The Hall–Kier alpha value is -1.46. The smallest absolute Gasteiger partial charge is 0.255 e. The third-order valence-electron chi connectivity index (χ3n) is 3.38. The van der Waals surface area contributed by atoms with Gasteiger partial charge in [0.1, 0.15) is 11.5 Å². The van der Waals surface area contributed by atoms with Gasteiger partial charge in [-0.2, -0.15) is 0 Å². The summed E-state index contributed by atoms with van der Waals surface area (Å²) in [6, 6.07) is 5.12. The third-order valence-corrected chi connectivity index (χ3v) is 3.38. The molecule has 6 heteroatoms. The van der Waals surface area contributed by atoms with E-state index in [1.54, 1.807) is 25.3 Å². The van der Waals surface area contributed by atoms with Crippen molar-refractivity contribution >= 4 is 18.3 Å². The largest absolute Gasteiger partial charge is 0.497 e. The summed E-state index contributed by atoms with van der Waals surface area (Å²) in [5.41, 5.74) is 5.87. The molecular weight excluding hydrogens is 304 g/mol. The lowest BCUT2D eigenvalue weighted by Crippen LogP contribution is -2.52. The van der Waals surface area contributed by atoms with Gasteiger partial charge in [-0.25, -0.2) is 0 Å². The van der Waals surface area contributed by atoms with E-state index < -0.39 is 5.54 Å². The molecule has 0 aromatic heterocycles. The van der Waals surface area contributed by atoms with Crippen LogP contribution in [0, 0.1) is 5.92 Å². The molecule has 0 heterocycles. The van der Waals surface area contributed by atoms with Crippen molar-refractivity contribution in [1.29, 1.82) is 0 Å². The van der Waals surface area contributed by atoms with Crippen LogP contribution in [-0.2, 0) is 0 Å². The first-order valence-corrected chi connectivity index (χ1v) is 7.10. The third kappa shape index (κ3) is 5.39. The van der Waals surface area contributed by atoms with E-state index in [0.29, 0.717) is 29.5 Å². The molecule has 1 rings (SSSR count). The van der Waals surface area contributed by atoms with E-state index >= 15 is 0 Å². The number of nitrogens with two attached hydrogens (primary N) is 1. The van der Waals surface area contributed by atoms with Crippen LogP contribution in [0.15, 0.2) is 18.2 Å². The molecule has 1 atom stereocenters. The van der Waals surface area contributed by atoms with Crippen LogP contribution in [-0.4, -0.2) is 32.2 Å². The zero-order valence-electron chi connectivity index (χ0n) is 13.9. The van der Waals surface area contributed by atoms with Gasteiger partial charge < -0.3 is 20.5 Å². The highest BCUT2D eigenvalue weighted by molar-refractivity contribution is 5.97. The predicted molar refractivity (Wildman–Crippen MR) is 91.2 cm³/mol. The molecule has 0 saturated carbocycles. The Morgan fingerprint density at radius 1 is 1.32 bits per heavy atom. The lowest BCUT2D eigenvalue weighted by atomic mass is 9.90. The summed E-state index contributed by atoms with van der Waals surface area (Å²) in [7, 11) is 3.10. The van der Waals surface area contributed by atoms with Gasteiger partial charge in [0.05, 0.1) is 19.8 Å². The summed E-state index contributed by atoms with van der Waals surface area (Å²) < 4.78 is 10.4. The molecule has 1 unspecified atom stereocenters. The van der Waals surface area contributed by atoms with Crippen LogP contribution in [0.1, 0.15) is 37.6 Å². The summed E-state index contributed by atoms with van der Waals surface area (Å²) in [5, 5.41) is 3.02. The average molecular weight is 331 g/mol. The Morgan fingerprint density at radius 2 is 1.95 bits per heavy atom. The number of benzene rings is 1. The monoisotopic (exact) mass is 330 g/mol. The first kappa shape index (κ1) is 20.5. The van der Waals surface area contributed by atoms with E-state index in [1.807, 2.05) is 6.92 Å². The number of nitrogens with one attached hydrogen (secondary N) is 1. The van der Waals surface area contributed by atoms with E-state index in [0.717, 1.165) is 6.42 Å². The molecule has 0 saturated heterocycles. The highest BCUT2D eigenvalue weighted by Gasteiger charge is 2.27. The number of halogens is 1. The van der Waals surface area contributed by atoms with Crippen LogP contribution in [0.4, 0.5) is 0 Å². The fraction of sp³-hybridized carbons (Fsp3) is 0.562. The van der Waals surface area contributed by atoms with Crippen molar-refractivity contribution in [1.82, 2.24) is 5.32 Å². The van der Waals surface area contributed by atoms with Crippen LogP contribution >= 0.6 is 12.4 Å². The number of ether oxygens (including phenoxy) is 2. The maximum atomic E-state index is 12.5. The number of carbonyl (C=O) groups is 1. The molecule has 0 radical (unpaired) electrons. The molecule has 0 spiro atoms. The van der Waals surface area contributed by atoms with Gasteiger partial charge in [0.2, 0.25) is 0 Å². The quantitative estimate of drug-likeness (QED) is 0.806. The maximum absolute atomic E-state index is 12.5. The minimum absolute atomic E-state index is 0. The summed E-state index contributed by atoms with van der Waals surface area (Å²) in [4.78, 5) is 12.5. The van der Waals surface area contributed by atoms with Gasteiger partial charge in [0, 0.05) is 18.2 Å². The molecule has 0 fully saturated rings. The Bertz CT molecular complexity index is 494. The molecule has 1 aromatic carbocycles. The zero-order chi connectivity index (χ0) is 16.0. The van der Waals surface area contributed by atoms with Crippen LogP contribution in [0.3, 0.4) is 0 Å². The Kier molecular flexibility index (Phi) is 8.27. The number of amides is 1. The Labute approximate surface area is 139 Å². The molecule has 0 bridgehead atoms. The van der Waals surface area contributed by atoms with Crippen molar-refractivity contribution in [3.8, 4) is 11.5 Å². The second-order valence-corrected chi connectivity index (χ2v) is 5.88. The van der Waals surface area contributed by atoms with Crippen LogP contribution in [0.5, 0.6) is 11.5 Å². The van der Waals surface area contributed by atoms with Crippen molar-refractivity contribution in [3.05, 3.63) is 23.8 Å². The van der Waals surface area contributed by atoms with Crippen molar-refractivity contribution in [2.75, 3.05) is 20.8 Å². The van der Waals surface area contributed by atoms with E-state index in [1.165, 1.54) is 7.11 Å². The molecule has 126 valence electrons. The molecule has 1 aromatic rings. The van der Waals surface area contributed by atoms with E-state index in [-0.39, 0.29) is 18.3 Å². The standard InChI is InChI=1S/C16H26N2O3.ClH/c1-11(2)9-16(3,10-17)18-15(19)13-7-6-12(20-4)8-14(13)21-5;/h6-8,11H,9-10,17H2,1-5H3,(H,18,19);1H. The molecular formula is C16H27ClN2O3. The number of rotatable bonds is 7. The topological polar surface area (TPSA) is 73.6 Å². The fourth-order valence-corrected chi connectivity index (χ4v) is 2.41. The molecule has 3 N–H and O–H groups in total. The summed E-state index contributed by atoms with van der Waals surface area (Å²) in [5.74, 6) is 1.38. The van der Waals surface area contributed by atoms with E-state index in [9.17, 15) is 4.79 Å². The van der Waals surface area contributed by atoms with E-state index in [4.69, 9.17) is 15.2 Å². The van der Waals surface area contributed by atoms with Gasteiger partial charge in [-0.05, 0) is 31.4 Å². The lowest BCUT2D eigenvalue weighted by molar-refractivity contribution is 0.0895. The lowest BCUT2D eigenvalue weighted by Gasteiger charge is -2.31. The highest BCUT2D eigenvalue weighted by Crippen LogP contribution is 2.25.